The molecule has 8 aromatic rings. The van der Waals surface area contributed by atoms with Gasteiger partial charge < -0.3 is 28.7 Å². The van der Waals surface area contributed by atoms with Crippen molar-refractivity contribution >= 4 is 43.9 Å². The lowest BCUT2D eigenvalue weighted by atomic mass is 10.0. The van der Waals surface area contributed by atoms with Crippen LogP contribution in [0, 0.1) is 0 Å². The fourth-order valence-electron chi connectivity index (χ4n) is 12.4. The van der Waals surface area contributed by atoms with E-state index in [0.29, 0.717) is 25.0 Å². The molecule has 0 radical (unpaired) electrons. The molecule has 2 saturated heterocycles. The fourth-order valence-corrected chi connectivity index (χ4v) is 12.4. The summed E-state index contributed by atoms with van der Waals surface area (Å²) in [4.78, 5) is 50.2. The second kappa shape index (κ2) is 23.4. The van der Waals surface area contributed by atoms with Gasteiger partial charge in [-0.25, -0.2) is 19.6 Å². The minimum Gasteiger partial charge on any atom is -0.478 e. The van der Waals surface area contributed by atoms with Gasteiger partial charge in [-0.1, -0.05) is 25.0 Å². The summed E-state index contributed by atoms with van der Waals surface area (Å²) in [6.45, 7) is 8.41. The Bertz CT molecular complexity index is 3160. The van der Waals surface area contributed by atoms with Crippen LogP contribution in [0.2, 0.25) is 0 Å². The third kappa shape index (κ3) is 10.9. The van der Waals surface area contributed by atoms with Crippen LogP contribution in [0.1, 0.15) is 102 Å². The molecule has 2 saturated carbocycles. The molecule has 2 aliphatic heterocycles. The molecule has 0 bridgehead atoms. The molecule has 6 aromatic heterocycles. The van der Waals surface area contributed by atoms with Gasteiger partial charge in [-0.05, 0) is 151 Å². The standard InChI is InChI=1S/2C30H37N5O3/c2*1-33-27-20-31-26-11-7-21(17-25(26)29(27)35(30(33)36)23-9-10-24(18-23)37-2)22-8-12-28(32-19-22)38-16-6-15-34-13-4-3-5-14-34/h2*7-8,11-12,17,19-20,23-24H,3-6,9-10,13-16,18H2,1-2H3/t2*23-,24-/m10/s1. The summed E-state index contributed by atoms with van der Waals surface area (Å²) in [5.41, 5.74) is 9.48. The summed E-state index contributed by atoms with van der Waals surface area (Å²) in [5.74, 6) is 1.31. The highest BCUT2D eigenvalue weighted by molar-refractivity contribution is 6.05. The molecule has 2 aliphatic carbocycles. The van der Waals surface area contributed by atoms with Crippen molar-refractivity contribution in [2.75, 3.05) is 66.7 Å². The zero-order chi connectivity index (χ0) is 52.1. The molecule has 2 aromatic carbocycles. The fraction of sp³-hybridized carbons (Fsp3) is 0.500. The number of aryl methyl sites for hydroxylation is 2. The van der Waals surface area contributed by atoms with Crippen molar-refractivity contribution in [3.05, 3.63) is 106 Å². The zero-order valence-electron chi connectivity index (χ0n) is 44.9. The molecule has 12 rings (SSSR count). The topological polar surface area (TPSA) is 149 Å². The van der Waals surface area contributed by atoms with E-state index in [4.69, 9.17) is 18.9 Å². The van der Waals surface area contributed by atoms with Crippen LogP contribution in [0.4, 0.5) is 0 Å². The van der Waals surface area contributed by atoms with E-state index in [1.807, 2.05) is 72.3 Å². The van der Waals surface area contributed by atoms with E-state index in [2.05, 4.69) is 66.1 Å². The SMILES string of the molecule is CO[C@@H]1CC[C@@H](n2c(=O)n(C)c3cnc4ccc(-c5ccc(OCCCN6CCCCC6)nc5)cc4c32)C1.CO[C@H]1CC[C@H](n2c(=O)n(C)c3cnc4ccc(-c5ccc(OCCCN6CCCCC6)nc5)cc4c32)C1. The lowest BCUT2D eigenvalue weighted by Crippen LogP contribution is -2.31. The van der Waals surface area contributed by atoms with E-state index in [0.717, 1.165) is 131 Å². The minimum atomic E-state index is 0.00455. The Morgan fingerprint density at radius 2 is 0.921 bits per heavy atom. The lowest BCUT2D eigenvalue weighted by molar-refractivity contribution is 0.105. The molecular weight excluding hydrogens is 957 g/mol. The van der Waals surface area contributed by atoms with E-state index in [1.165, 1.54) is 64.7 Å². The van der Waals surface area contributed by atoms with E-state index >= 15 is 0 Å². The molecule has 76 heavy (non-hydrogen) atoms. The van der Waals surface area contributed by atoms with Crippen LogP contribution in [0.3, 0.4) is 0 Å². The van der Waals surface area contributed by atoms with Gasteiger partial charge >= 0.3 is 11.4 Å². The van der Waals surface area contributed by atoms with Crippen LogP contribution < -0.4 is 20.9 Å². The molecule has 4 fully saturated rings. The molecule has 4 atom stereocenters. The maximum atomic E-state index is 13.3. The smallest absolute Gasteiger partial charge is 0.329 e. The Labute approximate surface area is 444 Å². The Hall–Kier alpha value is -6.46. The van der Waals surface area contributed by atoms with Crippen LogP contribution >= 0.6 is 0 Å². The van der Waals surface area contributed by atoms with E-state index in [-0.39, 0.29) is 35.7 Å². The predicted octanol–water partition coefficient (Wildman–Crippen LogP) is 9.89. The zero-order valence-corrected chi connectivity index (χ0v) is 44.9. The minimum absolute atomic E-state index is 0.00455. The van der Waals surface area contributed by atoms with Gasteiger partial charge in [0.15, 0.2) is 0 Å². The third-order valence-electron chi connectivity index (χ3n) is 16.7. The Morgan fingerprint density at radius 1 is 0.500 bits per heavy atom. The van der Waals surface area contributed by atoms with Crippen molar-refractivity contribution in [1.29, 1.82) is 0 Å². The largest absolute Gasteiger partial charge is 0.478 e. The van der Waals surface area contributed by atoms with Crippen molar-refractivity contribution < 1.29 is 18.9 Å². The lowest BCUT2D eigenvalue weighted by Gasteiger charge is -2.26. The van der Waals surface area contributed by atoms with Crippen molar-refractivity contribution in [2.24, 2.45) is 14.1 Å². The predicted molar refractivity (Wildman–Crippen MR) is 300 cm³/mol. The van der Waals surface area contributed by atoms with Gasteiger partial charge in [-0.15, -0.1) is 0 Å². The summed E-state index contributed by atoms with van der Waals surface area (Å²) < 4.78 is 30.4. The van der Waals surface area contributed by atoms with Gasteiger partial charge in [0, 0.05) is 99.9 Å². The molecule has 8 heterocycles. The van der Waals surface area contributed by atoms with Gasteiger partial charge in [0.25, 0.3) is 0 Å². The normalized spacial score (nSPS) is 20.5. The maximum Gasteiger partial charge on any atom is 0.329 e. The second-order valence-electron chi connectivity index (χ2n) is 21.5. The van der Waals surface area contributed by atoms with Crippen molar-refractivity contribution in [3.63, 3.8) is 0 Å². The number of nitrogens with zero attached hydrogens (tertiary/aromatic N) is 10. The molecule has 4 aliphatic rings. The average molecular weight is 1030 g/mol. The highest BCUT2D eigenvalue weighted by Crippen LogP contribution is 2.38. The number of benzene rings is 2. The van der Waals surface area contributed by atoms with Crippen LogP contribution in [-0.4, -0.2) is 127 Å². The number of rotatable bonds is 16. The number of piperidine rings is 2. The number of hydrogen-bond donors (Lipinski definition) is 0. The monoisotopic (exact) mass is 1030 g/mol. The Kier molecular flexibility index (Phi) is 15.9. The highest BCUT2D eigenvalue weighted by atomic mass is 16.5. The first-order valence-corrected chi connectivity index (χ1v) is 27.9. The van der Waals surface area contributed by atoms with Crippen LogP contribution in [-0.2, 0) is 23.6 Å². The van der Waals surface area contributed by atoms with Crippen LogP contribution in [0.25, 0.3) is 66.1 Å². The number of aromatic nitrogens is 8. The molecule has 0 N–H and O–H groups in total. The summed E-state index contributed by atoms with van der Waals surface area (Å²) in [7, 11) is 7.17. The summed E-state index contributed by atoms with van der Waals surface area (Å²) in [5, 5.41) is 1.97. The first-order valence-electron chi connectivity index (χ1n) is 27.9. The number of pyridine rings is 4. The number of ether oxygens (including phenoxy) is 4. The van der Waals surface area contributed by atoms with E-state index in [1.54, 1.807) is 23.4 Å². The third-order valence-corrected chi connectivity index (χ3v) is 16.7. The van der Waals surface area contributed by atoms with E-state index < -0.39 is 0 Å². The maximum absolute atomic E-state index is 13.3. The summed E-state index contributed by atoms with van der Waals surface area (Å²) in [6.07, 6.45) is 23.3. The van der Waals surface area contributed by atoms with Crippen LogP contribution in [0.15, 0.2) is 95.0 Å². The quantitative estimate of drug-likeness (QED) is 0.0849. The molecule has 0 amide bonds. The highest BCUT2D eigenvalue weighted by Gasteiger charge is 2.31. The van der Waals surface area contributed by atoms with Crippen LogP contribution in [0.5, 0.6) is 11.8 Å². The first-order chi connectivity index (χ1) is 37.2. The van der Waals surface area contributed by atoms with Crippen molar-refractivity contribution in [1.82, 2.24) is 48.0 Å². The average Bonchev–Trinajstić information content (AvgIpc) is 4.28. The van der Waals surface area contributed by atoms with Gasteiger partial charge in [-0.2, -0.15) is 0 Å². The number of methoxy groups -OCH3 is 2. The second-order valence-corrected chi connectivity index (χ2v) is 21.5. The molecule has 0 spiro atoms. The number of hydrogen-bond acceptors (Lipinski definition) is 12. The van der Waals surface area contributed by atoms with E-state index in [9.17, 15) is 9.59 Å². The van der Waals surface area contributed by atoms with Crippen molar-refractivity contribution in [3.8, 4) is 34.0 Å². The molecule has 16 nitrogen and oxygen atoms in total. The summed E-state index contributed by atoms with van der Waals surface area (Å²) >= 11 is 0. The number of fused-ring (bicyclic) bond motifs is 6. The van der Waals surface area contributed by atoms with Gasteiger partial charge in [0.05, 0.1) is 70.9 Å². The van der Waals surface area contributed by atoms with Gasteiger partial charge in [0.1, 0.15) is 0 Å². The summed E-state index contributed by atoms with van der Waals surface area (Å²) in [6, 6.07) is 20.7. The van der Waals surface area contributed by atoms with Crippen molar-refractivity contribution in [2.45, 2.75) is 114 Å². The van der Waals surface area contributed by atoms with Gasteiger partial charge in [0.2, 0.25) is 11.8 Å². The molecular formula is C60H74N10O6. The molecule has 16 heteroatoms. The molecule has 400 valence electrons. The Morgan fingerprint density at radius 3 is 1.30 bits per heavy atom. The number of imidazole rings is 2. The number of likely N-dealkylation sites (tertiary alicyclic amines) is 2. The first kappa shape index (κ1) is 51.6. The van der Waals surface area contributed by atoms with Gasteiger partial charge in [-0.3, -0.25) is 28.2 Å². The molecule has 0 unspecified atom stereocenters. The Balaban J connectivity index is 0.000000162.